The van der Waals surface area contributed by atoms with E-state index in [1.54, 1.807) is 19.4 Å². The Bertz CT molecular complexity index is 962. The van der Waals surface area contributed by atoms with Crippen LogP contribution in [0.25, 0.3) is 11.0 Å². The molecule has 1 fully saturated rings. The Kier molecular flexibility index (Phi) is 5.81. The number of carbonyl (C=O) groups is 1. The van der Waals surface area contributed by atoms with Crippen LogP contribution in [0.5, 0.6) is 5.75 Å². The van der Waals surface area contributed by atoms with Gasteiger partial charge in [-0.2, -0.15) is 0 Å². The quantitative estimate of drug-likeness (QED) is 0.659. The number of nitrogens with zero attached hydrogens (tertiary/aromatic N) is 1. The highest BCUT2D eigenvalue weighted by Gasteiger charge is 2.31. The number of pyridine rings is 1. The van der Waals surface area contributed by atoms with Gasteiger partial charge in [-0.05, 0) is 80.5 Å². The van der Waals surface area contributed by atoms with Crippen molar-refractivity contribution < 1.29 is 13.9 Å². The topological polar surface area (TPSA) is 90.4 Å². The van der Waals surface area contributed by atoms with Crippen molar-refractivity contribution in [2.45, 2.75) is 31.7 Å². The first-order valence-corrected chi connectivity index (χ1v) is 10.2. The van der Waals surface area contributed by atoms with Crippen LogP contribution in [0.4, 0.5) is 0 Å². The first-order chi connectivity index (χ1) is 14.2. The molecule has 1 amide bonds. The highest BCUT2D eigenvalue weighted by molar-refractivity contribution is 5.96. The van der Waals surface area contributed by atoms with E-state index in [0.29, 0.717) is 23.2 Å². The molecule has 1 atom stereocenters. The van der Waals surface area contributed by atoms with Gasteiger partial charge in [-0.15, -0.1) is 0 Å². The molecule has 1 aliphatic carbocycles. The van der Waals surface area contributed by atoms with Crippen LogP contribution in [-0.4, -0.2) is 24.5 Å². The Balaban J connectivity index is 1.56. The van der Waals surface area contributed by atoms with Crippen LogP contribution in [0.1, 0.15) is 48.0 Å². The van der Waals surface area contributed by atoms with E-state index in [2.05, 4.69) is 10.3 Å². The molecule has 0 aliphatic heterocycles. The number of ether oxygens (including phenoxy) is 1. The van der Waals surface area contributed by atoms with E-state index in [4.69, 9.17) is 14.9 Å². The van der Waals surface area contributed by atoms with Crippen molar-refractivity contribution in [1.82, 2.24) is 10.3 Å². The molecule has 4 rings (SSSR count). The summed E-state index contributed by atoms with van der Waals surface area (Å²) in [6.07, 6.45) is 6.00. The second-order valence-electron chi connectivity index (χ2n) is 7.74. The van der Waals surface area contributed by atoms with E-state index in [0.717, 1.165) is 49.1 Å². The van der Waals surface area contributed by atoms with Crippen LogP contribution in [0.3, 0.4) is 0 Å². The number of carbonyl (C=O) groups excluding carboxylic acids is 1. The largest absolute Gasteiger partial charge is 0.497 e. The number of nitrogens with two attached hydrogens (primary N) is 1. The smallest absolute Gasteiger partial charge is 0.287 e. The highest BCUT2D eigenvalue weighted by Crippen LogP contribution is 2.36. The molecule has 0 unspecified atom stereocenters. The summed E-state index contributed by atoms with van der Waals surface area (Å²) < 4.78 is 11.0. The maximum absolute atomic E-state index is 13.0. The number of amides is 1. The van der Waals surface area contributed by atoms with E-state index in [1.807, 2.05) is 36.4 Å². The summed E-state index contributed by atoms with van der Waals surface area (Å²) in [6, 6.07) is 12.9. The van der Waals surface area contributed by atoms with Crippen LogP contribution < -0.4 is 15.8 Å². The second-order valence-corrected chi connectivity index (χ2v) is 7.74. The van der Waals surface area contributed by atoms with Crippen molar-refractivity contribution in [3.63, 3.8) is 0 Å². The maximum Gasteiger partial charge on any atom is 0.287 e. The lowest BCUT2D eigenvalue weighted by molar-refractivity contribution is 0.0879. The standard InChI is InChI=1S/C23H27N3O3/c1-28-18-9-10-20-17(12-18)13-21(29-20)23(27)26-22(19-4-2-3-11-25-19)16-7-5-15(14-24)6-8-16/h2-4,9-13,15-16,22H,5-8,14,24H2,1H3,(H,26,27)/t15?,16?,22-/m1/s1. The summed E-state index contributed by atoms with van der Waals surface area (Å²) >= 11 is 0. The minimum absolute atomic E-state index is 0.148. The number of benzene rings is 1. The van der Waals surface area contributed by atoms with Gasteiger partial charge in [0.15, 0.2) is 5.76 Å². The minimum Gasteiger partial charge on any atom is -0.497 e. The molecule has 2 heterocycles. The third-order valence-corrected chi connectivity index (χ3v) is 5.94. The van der Waals surface area contributed by atoms with Gasteiger partial charge in [-0.1, -0.05) is 6.07 Å². The summed E-state index contributed by atoms with van der Waals surface area (Å²) in [5.41, 5.74) is 7.39. The Morgan fingerprint density at radius 3 is 2.76 bits per heavy atom. The second kappa shape index (κ2) is 8.66. The number of rotatable bonds is 6. The molecule has 152 valence electrons. The van der Waals surface area contributed by atoms with Crippen LogP contribution in [-0.2, 0) is 0 Å². The summed E-state index contributed by atoms with van der Waals surface area (Å²) in [6.45, 7) is 0.732. The van der Waals surface area contributed by atoms with Gasteiger partial charge in [0.2, 0.25) is 0 Å². The molecule has 1 aliphatic rings. The summed E-state index contributed by atoms with van der Waals surface area (Å²) in [7, 11) is 1.62. The average Bonchev–Trinajstić information content (AvgIpc) is 3.21. The van der Waals surface area contributed by atoms with Gasteiger partial charge in [0.1, 0.15) is 11.3 Å². The number of aromatic nitrogens is 1. The van der Waals surface area contributed by atoms with Crippen LogP contribution in [0, 0.1) is 11.8 Å². The van der Waals surface area contributed by atoms with Crippen molar-refractivity contribution in [2.75, 3.05) is 13.7 Å². The summed E-state index contributed by atoms with van der Waals surface area (Å²) in [5.74, 6) is 1.72. The zero-order valence-electron chi connectivity index (χ0n) is 16.6. The fourth-order valence-corrected chi connectivity index (χ4v) is 4.22. The fraction of sp³-hybridized carbons (Fsp3) is 0.391. The molecule has 0 radical (unpaired) electrons. The van der Waals surface area contributed by atoms with Gasteiger partial charge in [-0.3, -0.25) is 9.78 Å². The third-order valence-electron chi connectivity index (χ3n) is 5.94. The molecule has 29 heavy (non-hydrogen) atoms. The Hall–Kier alpha value is -2.86. The first kappa shape index (κ1) is 19.5. The number of nitrogens with one attached hydrogen (secondary N) is 1. The summed E-state index contributed by atoms with van der Waals surface area (Å²) in [5, 5.41) is 4.02. The number of hydrogen-bond acceptors (Lipinski definition) is 5. The highest BCUT2D eigenvalue weighted by atomic mass is 16.5. The number of methoxy groups -OCH3 is 1. The van der Waals surface area contributed by atoms with E-state index in [1.165, 1.54) is 0 Å². The van der Waals surface area contributed by atoms with Gasteiger partial charge in [0.25, 0.3) is 5.91 Å². The number of fused-ring (bicyclic) bond motifs is 1. The van der Waals surface area contributed by atoms with Crippen LogP contribution >= 0.6 is 0 Å². The van der Waals surface area contributed by atoms with E-state index >= 15 is 0 Å². The molecular weight excluding hydrogens is 366 g/mol. The number of furan rings is 1. The molecule has 0 bridgehead atoms. The zero-order chi connectivity index (χ0) is 20.2. The molecule has 2 aromatic heterocycles. The van der Waals surface area contributed by atoms with Gasteiger partial charge in [0, 0.05) is 11.6 Å². The monoisotopic (exact) mass is 393 g/mol. The molecule has 0 saturated heterocycles. The molecule has 1 aromatic carbocycles. The fourth-order valence-electron chi connectivity index (χ4n) is 4.22. The van der Waals surface area contributed by atoms with Crippen LogP contribution in [0.15, 0.2) is 53.1 Å². The van der Waals surface area contributed by atoms with Gasteiger partial charge in [0.05, 0.1) is 18.8 Å². The molecule has 6 nitrogen and oxygen atoms in total. The van der Waals surface area contributed by atoms with Crippen molar-refractivity contribution in [1.29, 1.82) is 0 Å². The molecule has 1 saturated carbocycles. The van der Waals surface area contributed by atoms with E-state index in [9.17, 15) is 4.79 Å². The van der Waals surface area contributed by atoms with Crippen molar-refractivity contribution in [2.24, 2.45) is 17.6 Å². The lowest BCUT2D eigenvalue weighted by Gasteiger charge is -2.33. The van der Waals surface area contributed by atoms with Crippen molar-refractivity contribution >= 4 is 16.9 Å². The SMILES string of the molecule is COc1ccc2oc(C(=O)N[C@@H](c3ccccn3)C3CCC(CN)CC3)cc2c1. The van der Waals surface area contributed by atoms with E-state index < -0.39 is 0 Å². The molecule has 6 heteroatoms. The number of hydrogen-bond donors (Lipinski definition) is 2. The Morgan fingerprint density at radius 1 is 1.24 bits per heavy atom. The van der Waals surface area contributed by atoms with Crippen molar-refractivity contribution in [3.05, 3.63) is 60.1 Å². The predicted octanol–water partition coefficient (Wildman–Crippen LogP) is 4.07. The average molecular weight is 393 g/mol. The lowest BCUT2D eigenvalue weighted by Crippen LogP contribution is -2.36. The Morgan fingerprint density at radius 2 is 2.07 bits per heavy atom. The third kappa shape index (κ3) is 4.27. The van der Waals surface area contributed by atoms with Crippen molar-refractivity contribution in [3.8, 4) is 5.75 Å². The predicted molar refractivity (Wildman–Crippen MR) is 112 cm³/mol. The molecule has 0 spiro atoms. The van der Waals surface area contributed by atoms with Gasteiger partial charge >= 0.3 is 0 Å². The molecule has 3 N–H and O–H groups in total. The minimum atomic E-state index is -0.225. The van der Waals surface area contributed by atoms with Gasteiger partial charge < -0.3 is 20.2 Å². The molecule has 3 aromatic rings. The van der Waals surface area contributed by atoms with Gasteiger partial charge in [-0.25, -0.2) is 0 Å². The molecular formula is C23H27N3O3. The maximum atomic E-state index is 13.0. The Labute approximate surface area is 170 Å². The lowest BCUT2D eigenvalue weighted by atomic mass is 9.77. The van der Waals surface area contributed by atoms with Crippen LogP contribution in [0.2, 0.25) is 0 Å². The first-order valence-electron chi connectivity index (χ1n) is 10.2. The normalized spacial score (nSPS) is 20.3. The van der Waals surface area contributed by atoms with E-state index in [-0.39, 0.29) is 11.9 Å². The zero-order valence-corrected chi connectivity index (χ0v) is 16.6. The summed E-state index contributed by atoms with van der Waals surface area (Å²) in [4.78, 5) is 17.6.